The third kappa shape index (κ3) is 4.50. The number of rotatable bonds is 3. The summed E-state index contributed by atoms with van der Waals surface area (Å²) in [5.41, 5.74) is 1.31. The Morgan fingerprint density at radius 3 is 2.04 bits per heavy atom. The lowest BCUT2D eigenvalue weighted by atomic mass is 10.1. The first kappa shape index (κ1) is 19.0. The first-order chi connectivity index (χ1) is 12.4. The summed E-state index contributed by atoms with van der Waals surface area (Å²) < 4.78 is 0. The van der Waals surface area contributed by atoms with Gasteiger partial charge in [-0.15, -0.1) is 0 Å². The van der Waals surface area contributed by atoms with E-state index in [4.69, 9.17) is 34.8 Å². The first-order valence-corrected chi connectivity index (χ1v) is 9.34. The number of benzene rings is 2. The molecule has 0 aliphatic carbocycles. The average Bonchev–Trinajstić information content (AvgIpc) is 2.65. The highest BCUT2D eigenvalue weighted by atomic mass is 35.5. The zero-order valence-corrected chi connectivity index (χ0v) is 16.2. The molecule has 4 nitrogen and oxygen atoms in total. The van der Waals surface area contributed by atoms with Crippen molar-refractivity contribution in [3.05, 3.63) is 68.7 Å². The zero-order valence-electron chi connectivity index (χ0n) is 13.9. The lowest BCUT2D eigenvalue weighted by molar-refractivity contribution is -0.131. The molecule has 0 unspecified atom stereocenters. The van der Waals surface area contributed by atoms with Gasteiger partial charge in [-0.3, -0.25) is 9.59 Å². The summed E-state index contributed by atoms with van der Waals surface area (Å²) in [6.07, 6.45) is 0.325. The molecule has 1 fully saturated rings. The molecule has 1 saturated heterocycles. The Labute approximate surface area is 167 Å². The fraction of sp³-hybridized carbons (Fsp3) is 0.263. The van der Waals surface area contributed by atoms with Gasteiger partial charge in [0, 0.05) is 36.2 Å². The van der Waals surface area contributed by atoms with Crippen LogP contribution in [-0.4, -0.2) is 47.8 Å². The molecule has 26 heavy (non-hydrogen) atoms. The minimum absolute atomic E-state index is 0.0419. The van der Waals surface area contributed by atoms with E-state index in [1.165, 1.54) is 0 Å². The van der Waals surface area contributed by atoms with Crippen molar-refractivity contribution >= 4 is 46.6 Å². The summed E-state index contributed by atoms with van der Waals surface area (Å²) in [7, 11) is 0. The molecule has 0 N–H and O–H groups in total. The van der Waals surface area contributed by atoms with Crippen LogP contribution in [0.4, 0.5) is 0 Å². The maximum atomic E-state index is 12.6. The molecule has 2 amide bonds. The number of piperazine rings is 1. The predicted octanol–water partition coefficient (Wildman–Crippen LogP) is 4.17. The number of hydrogen-bond donors (Lipinski definition) is 0. The Hall–Kier alpha value is -1.75. The van der Waals surface area contributed by atoms with Gasteiger partial charge in [-0.2, -0.15) is 0 Å². The number of carbonyl (C=O) groups excluding carboxylic acids is 2. The second kappa shape index (κ2) is 8.30. The van der Waals surface area contributed by atoms with Gasteiger partial charge in [0.1, 0.15) is 0 Å². The monoisotopic (exact) mass is 410 g/mol. The topological polar surface area (TPSA) is 40.6 Å². The minimum Gasteiger partial charge on any atom is -0.339 e. The number of amides is 2. The highest BCUT2D eigenvalue weighted by molar-refractivity contribution is 6.35. The van der Waals surface area contributed by atoms with Gasteiger partial charge >= 0.3 is 0 Å². The van der Waals surface area contributed by atoms with Crippen LogP contribution in [-0.2, 0) is 11.2 Å². The van der Waals surface area contributed by atoms with Crippen LogP contribution in [0.3, 0.4) is 0 Å². The summed E-state index contributed by atoms with van der Waals surface area (Å²) in [5, 5.41) is 1.49. The zero-order chi connectivity index (χ0) is 18.7. The average molecular weight is 412 g/mol. The highest BCUT2D eigenvalue weighted by Gasteiger charge is 2.26. The number of nitrogens with zero attached hydrogens (tertiary/aromatic N) is 2. The minimum atomic E-state index is -0.165. The molecule has 0 spiro atoms. The molecular weight excluding hydrogens is 395 g/mol. The van der Waals surface area contributed by atoms with Gasteiger partial charge in [0.05, 0.1) is 17.0 Å². The van der Waals surface area contributed by atoms with E-state index in [9.17, 15) is 9.59 Å². The second-order valence-electron chi connectivity index (χ2n) is 6.10. The number of carbonyl (C=O) groups is 2. The van der Waals surface area contributed by atoms with Crippen molar-refractivity contribution in [2.45, 2.75) is 6.42 Å². The van der Waals surface area contributed by atoms with E-state index in [0.29, 0.717) is 53.2 Å². The van der Waals surface area contributed by atoms with Crippen LogP contribution in [0.2, 0.25) is 15.1 Å². The third-order valence-electron chi connectivity index (χ3n) is 4.35. The third-order valence-corrected chi connectivity index (χ3v) is 5.16. The Balaban J connectivity index is 1.58. The van der Waals surface area contributed by atoms with Crippen molar-refractivity contribution in [1.82, 2.24) is 9.80 Å². The van der Waals surface area contributed by atoms with E-state index >= 15 is 0 Å². The van der Waals surface area contributed by atoms with Gasteiger partial charge in [-0.1, -0.05) is 46.9 Å². The van der Waals surface area contributed by atoms with Gasteiger partial charge in [0.2, 0.25) is 5.91 Å². The van der Waals surface area contributed by atoms with Gasteiger partial charge in [-0.05, 0) is 35.9 Å². The van der Waals surface area contributed by atoms with Gasteiger partial charge in [-0.25, -0.2) is 0 Å². The SMILES string of the molecule is O=C(Cc1ccc(Cl)cc1)N1CCN(C(=O)c2cc(Cl)ccc2Cl)CC1. The smallest absolute Gasteiger partial charge is 0.255 e. The standard InChI is InChI=1S/C19H17Cl3N2O2/c20-14-3-1-13(2-4-14)11-18(25)23-7-9-24(10-8-23)19(26)16-12-15(21)5-6-17(16)22/h1-6,12H,7-11H2. The molecule has 0 bridgehead atoms. The number of halogens is 3. The Morgan fingerprint density at radius 2 is 1.38 bits per heavy atom. The van der Waals surface area contributed by atoms with Gasteiger partial charge in [0.15, 0.2) is 0 Å². The Morgan fingerprint density at radius 1 is 0.808 bits per heavy atom. The molecule has 2 aromatic carbocycles. The van der Waals surface area contributed by atoms with E-state index in [-0.39, 0.29) is 11.8 Å². The van der Waals surface area contributed by atoms with Crippen molar-refractivity contribution in [2.75, 3.05) is 26.2 Å². The highest BCUT2D eigenvalue weighted by Crippen LogP contribution is 2.23. The van der Waals surface area contributed by atoms with E-state index in [2.05, 4.69) is 0 Å². The molecule has 7 heteroatoms. The summed E-state index contributed by atoms with van der Waals surface area (Å²) in [4.78, 5) is 28.6. The fourth-order valence-corrected chi connectivity index (χ4v) is 3.38. The summed E-state index contributed by atoms with van der Waals surface area (Å²) >= 11 is 17.9. The molecular formula is C19H17Cl3N2O2. The van der Waals surface area contributed by atoms with E-state index in [1.807, 2.05) is 12.1 Å². The Kier molecular flexibility index (Phi) is 6.07. The fourth-order valence-electron chi connectivity index (χ4n) is 2.88. The predicted molar refractivity (Wildman–Crippen MR) is 104 cm³/mol. The molecule has 136 valence electrons. The second-order valence-corrected chi connectivity index (χ2v) is 7.38. The first-order valence-electron chi connectivity index (χ1n) is 8.20. The van der Waals surface area contributed by atoms with Crippen LogP contribution in [0, 0.1) is 0 Å². The maximum Gasteiger partial charge on any atom is 0.255 e. The molecule has 1 aliphatic heterocycles. The van der Waals surface area contributed by atoms with Gasteiger partial charge < -0.3 is 9.80 Å². The largest absolute Gasteiger partial charge is 0.339 e. The summed E-state index contributed by atoms with van der Waals surface area (Å²) in [6, 6.07) is 12.1. The van der Waals surface area contributed by atoms with E-state index in [0.717, 1.165) is 5.56 Å². The Bertz CT molecular complexity index is 816. The normalized spacial score (nSPS) is 14.4. The molecule has 1 aliphatic rings. The van der Waals surface area contributed by atoms with Gasteiger partial charge in [0.25, 0.3) is 5.91 Å². The van der Waals surface area contributed by atoms with Crippen LogP contribution < -0.4 is 0 Å². The molecule has 0 aromatic heterocycles. The molecule has 0 atom stereocenters. The molecule has 1 heterocycles. The van der Waals surface area contributed by atoms with Crippen LogP contribution >= 0.6 is 34.8 Å². The van der Waals surface area contributed by atoms with Crippen molar-refractivity contribution in [3.63, 3.8) is 0 Å². The van der Waals surface area contributed by atoms with E-state index in [1.54, 1.807) is 40.1 Å². The van der Waals surface area contributed by atoms with Crippen LogP contribution in [0.1, 0.15) is 15.9 Å². The summed E-state index contributed by atoms with van der Waals surface area (Å²) in [6.45, 7) is 1.93. The maximum absolute atomic E-state index is 12.6. The lowest BCUT2D eigenvalue weighted by Crippen LogP contribution is -2.51. The van der Waals surface area contributed by atoms with Crippen molar-refractivity contribution in [3.8, 4) is 0 Å². The van der Waals surface area contributed by atoms with Crippen LogP contribution in [0.25, 0.3) is 0 Å². The van der Waals surface area contributed by atoms with E-state index < -0.39 is 0 Å². The van der Waals surface area contributed by atoms with Crippen molar-refractivity contribution in [1.29, 1.82) is 0 Å². The quantitative estimate of drug-likeness (QED) is 0.760. The summed E-state index contributed by atoms with van der Waals surface area (Å²) in [5.74, 6) is -0.123. The molecule has 0 radical (unpaired) electrons. The van der Waals surface area contributed by atoms with Crippen molar-refractivity contribution in [2.24, 2.45) is 0 Å². The number of hydrogen-bond acceptors (Lipinski definition) is 2. The van der Waals surface area contributed by atoms with Crippen LogP contribution in [0.5, 0.6) is 0 Å². The molecule has 2 aromatic rings. The lowest BCUT2D eigenvalue weighted by Gasteiger charge is -2.35. The van der Waals surface area contributed by atoms with Crippen molar-refractivity contribution < 1.29 is 9.59 Å². The molecule has 3 rings (SSSR count). The molecule has 0 saturated carbocycles. The van der Waals surface area contributed by atoms with Crippen LogP contribution in [0.15, 0.2) is 42.5 Å².